The Labute approximate surface area is 176 Å². The second-order valence-electron chi connectivity index (χ2n) is 6.79. The quantitative estimate of drug-likeness (QED) is 0.621. The van der Waals surface area contributed by atoms with Gasteiger partial charge in [0.15, 0.2) is 11.5 Å². The smallest absolute Gasteiger partial charge is 0.248 e. The van der Waals surface area contributed by atoms with Crippen LogP contribution >= 0.6 is 0 Å². The van der Waals surface area contributed by atoms with Gasteiger partial charge in [-0.15, -0.1) is 0 Å². The number of nitrogens with one attached hydrogen (secondary N) is 1. The summed E-state index contributed by atoms with van der Waals surface area (Å²) in [5, 5.41) is 4.70. The van der Waals surface area contributed by atoms with E-state index in [-0.39, 0.29) is 0 Å². The van der Waals surface area contributed by atoms with Gasteiger partial charge in [-0.25, -0.2) is 8.42 Å². The summed E-state index contributed by atoms with van der Waals surface area (Å²) in [6, 6.07) is 16.9. The second kappa shape index (κ2) is 8.62. The number of rotatable bonds is 7. The van der Waals surface area contributed by atoms with Crippen LogP contribution in [0.4, 0.5) is 11.4 Å². The van der Waals surface area contributed by atoms with Gasteiger partial charge in [-0.3, -0.25) is 9.10 Å². The first-order chi connectivity index (χ1) is 14.3. The molecule has 0 saturated carbocycles. The fraction of sp³-hybridized carbons (Fsp3) is 0.227. The number of sulfonamides is 1. The van der Waals surface area contributed by atoms with Crippen LogP contribution in [0.3, 0.4) is 0 Å². The van der Waals surface area contributed by atoms with Crippen LogP contribution in [0.15, 0.2) is 60.7 Å². The van der Waals surface area contributed by atoms with Crippen molar-refractivity contribution in [3.63, 3.8) is 0 Å². The summed E-state index contributed by atoms with van der Waals surface area (Å²) in [5.74, 6) is 0.374. The first-order valence-corrected chi connectivity index (χ1v) is 11.1. The van der Waals surface area contributed by atoms with E-state index in [9.17, 15) is 13.2 Å². The third-order valence-electron chi connectivity index (χ3n) is 4.76. The maximum Gasteiger partial charge on any atom is 0.248 e. The Balaban J connectivity index is 1.96. The number of benzene rings is 3. The minimum absolute atomic E-state index is 0.302. The molecule has 0 spiro atoms. The molecule has 0 unspecified atom stereocenters. The molecule has 0 aliphatic carbocycles. The van der Waals surface area contributed by atoms with Crippen LogP contribution in [0.2, 0.25) is 0 Å². The van der Waals surface area contributed by atoms with Gasteiger partial charge in [0, 0.05) is 17.1 Å². The second-order valence-corrected chi connectivity index (χ2v) is 8.65. The number of hydrogen-bond donors (Lipinski definition) is 1. The predicted molar refractivity (Wildman–Crippen MR) is 119 cm³/mol. The summed E-state index contributed by atoms with van der Waals surface area (Å²) in [7, 11) is -0.812. The first-order valence-electron chi connectivity index (χ1n) is 9.26. The van der Waals surface area contributed by atoms with Gasteiger partial charge in [0.05, 0.1) is 26.2 Å². The number of carbonyl (C=O) groups is 1. The van der Waals surface area contributed by atoms with E-state index in [2.05, 4.69) is 5.32 Å². The molecule has 8 heteroatoms. The minimum atomic E-state index is -3.77. The van der Waals surface area contributed by atoms with Crippen molar-refractivity contribution in [2.24, 2.45) is 0 Å². The molecule has 0 aromatic heterocycles. The summed E-state index contributed by atoms with van der Waals surface area (Å²) >= 11 is 0. The number of ether oxygens (including phenoxy) is 2. The van der Waals surface area contributed by atoms with Gasteiger partial charge < -0.3 is 14.8 Å². The first kappa shape index (κ1) is 21.4. The van der Waals surface area contributed by atoms with Gasteiger partial charge >= 0.3 is 0 Å². The number of nitrogens with zero attached hydrogens (tertiary/aromatic N) is 1. The maximum absolute atomic E-state index is 13.0. The number of carbonyl (C=O) groups excluding carboxylic acids is 1. The van der Waals surface area contributed by atoms with Crippen molar-refractivity contribution in [2.45, 2.75) is 13.0 Å². The monoisotopic (exact) mass is 428 g/mol. The zero-order chi connectivity index (χ0) is 21.9. The Morgan fingerprint density at radius 1 is 0.967 bits per heavy atom. The average molecular weight is 429 g/mol. The van der Waals surface area contributed by atoms with Crippen LogP contribution in [0.1, 0.15) is 6.92 Å². The summed E-state index contributed by atoms with van der Waals surface area (Å²) in [6.45, 7) is 1.54. The zero-order valence-electron chi connectivity index (χ0n) is 17.2. The lowest BCUT2D eigenvalue weighted by Gasteiger charge is -2.28. The summed E-state index contributed by atoms with van der Waals surface area (Å²) < 4.78 is 36.7. The van der Waals surface area contributed by atoms with Crippen molar-refractivity contribution >= 4 is 38.1 Å². The van der Waals surface area contributed by atoms with Crippen molar-refractivity contribution in [3.8, 4) is 11.5 Å². The normalized spacial score (nSPS) is 12.3. The lowest BCUT2D eigenvalue weighted by Crippen LogP contribution is -2.45. The molecular formula is C22H24N2O5S. The van der Waals surface area contributed by atoms with Gasteiger partial charge in [0.2, 0.25) is 15.9 Å². The number of fused-ring (bicyclic) bond motifs is 1. The van der Waals surface area contributed by atoms with E-state index in [4.69, 9.17) is 9.47 Å². The van der Waals surface area contributed by atoms with Crippen LogP contribution in [-0.4, -0.2) is 40.8 Å². The van der Waals surface area contributed by atoms with Crippen molar-refractivity contribution in [1.82, 2.24) is 0 Å². The molecule has 1 atom stereocenters. The molecule has 0 bridgehead atoms. The highest BCUT2D eigenvalue weighted by atomic mass is 32.2. The highest BCUT2D eigenvalue weighted by molar-refractivity contribution is 7.92. The highest BCUT2D eigenvalue weighted by Gasteiger charge is 2.30. The summed E-state index contributed by atoms with van der Waals surface area (Å²) in [5.41, 5.74) is 0.918. The SMILES string of the molecule is COc1ccc(N([C@@H](C)C(=O)Nc2cccc3ccccc23)S(C)(=O)=O)cc1OC. The predicted octanol–water partition coefficient (Wildman–Crippen LogP) is 3.65. The molecule has 0 radical (unpaired) electrons. The van der Waals surface area contributed by atoms with E-state index in [1.807, 2.05) is 36.4 Å². The number of methoxy groups -OCH3 is 2. The Kier molecular flexibility index (Phi) is 6.17. The molecule has 7 nitrogen and oxygen atoms in total. The molecule has 0 heterocycles. The number of amides is 1. The molecule has 3 rings (SSSR count). The summed E-state index contributed by atoms with van der Waals surface area (Å²) in [6.07, 6.45) is 1.06. The van der Waals surface area contributed by atoms with Crippen LogP contribution in [-0.2, 0) is 14.8 Å². The number of anilines is 2. The van der Waals surface area contributed by atoms with Crippen LogP contribution in [0, 0.1) is 0 Å². The highest BCUT2D eigenvalue weighted by Crippen LogP contribution is 2.33. The van der Waals surface area contributed by atoms with Gasteiger partial charge in [-0.1, -0.05) is 36.4 Å². The lowest BCUT2D eigenvalue weighted by molar-refractivity contribution is -0.116. The van der Waals surface area contributed by atoms with Crippen molar-refractivity contribution in [3.05, 3.63) is 60.7 Å². The molecule has 0 saturated heterocycles. The molecule has 1 amide bonds. The van der Waals surface area contributed by atoms with E-state index in [0.29, 0.717) is 22.9 Å². The van der Waals surface area contributed by atoms with Gasteiger partial charge in [0.25, 0.3) is 0 Å². The third kappa shape index (κ3) is 4.33. The van der Waals surface area contributed by atoms with Gasteiger partial charge in [-0.2, -0.15) is 0 Å². The summed E-state index contributed by atoms with van der Waals surface area (Å²) in [4.78, 5) is 13.0. The molecule has 3 aromatic rings. The number of hydrogen-bond acceptors (Lipinski definition) is 5. The Hall–Kier alpha value is -3.26. The fourth-order valence-electron chi connectivity index (χ4n) is 3.34. The van der Waals surface area contributed by atoms with E-state index in [1.165, 1.54) is 27.2 Å². The average Bonchev–Trinajstić information content (AvgIpc) is 2.72. The molecule has 0 aliphatic heterocycles. The standard InChI is InChI=1S/C22H24N2O5S/c1-15(22(25)23-19-11-7-9-16-8-5-6-10-18(16)19)24(30(4,26)27)17-12-13-20(28-2)21(14-17)29-3/h5-15H,1-4H3,(H,23,25)/t15-/m0/s1. The van der Waals surface area contributed by atoms with E-state index in [0.717, 1.165) is 21.3 Å². The fourth-order valence-corrected chi connectivity index (χ4v) is 4.51. The van der Waals surface area contributed by atoms with Crippen LogP contribution < -0.4 is 19.1 Å². The Morgan fingerprint density at radius 3 is 2.30 bits per heavy atom. The molecule has 0 fully saturated rings. The molecule has 3 aromatic carbocycles. The van der Waals surface area contributed by atoms with E-state index < -0.39 is 22.0 Å². The third-order valence-corrected chi connectivity index (χ3v) is 6.00. The maximum atomic E-state index is 13.0. The topological polar surface area (TPSA) is 84.9 Å². The van der Waals surface area contributed by atoms with E-state index >= 15 is 0 Å². The Bertz CT molecular complexity index is 1170. The molecular weight excluding hydrogens is 404 g/mol. The molecule has 0 aliphatic rings. The van der Waals surface area contributed by atoms with E-state index in [1.54, 1.807) is 18.2 Å². The minimum Gasteiger partial charge on any atom is -0.493 e. The van der Waals surface area contributed by atoms with Crippen LogP contribution in [0.25, 0.3) is 10.8 Å². The lowest BCUT2D eigenvalue weighted by atomic mass is 10.1. The Morgan fingerprint density at radius 2 is 1.63 bits per heavy atom. The van der Waals surface area contributed by atoms with Crippen molar-refractivity contribution in [1.29, 1.82) is 0 Å². The largest absolute Gasteiger partial charge is 0.493 e. The molecule has 158 valence electrons. The van der Waals surface area contributed by atoms with Gasteiger partial charge in [-0.05, 0) is 30.5 Å². The van der Waals surface area contributed by atoms with Gasteiger partial charge in [0.1, 0.15) is 6.04 Å². The van der Waals surface area contributed by atoms with Crippen molar-refractivity contribution < 1.29 is 22.7 Å². The molecule has 30 heavy (non-hydrogen) atoms. The zero-order valence-corrected chi connectivity index (χ0v) is 18.1. The van der Waals surface area contributed by atoms with Crippen molar-refractivity contribution in [2.75, 3.05) is 30.1 Å². The van der Waals surface area contributed by atoms with Crippen LogP contribution in [0.5, 0.6) is 11.5 Å². The molecule has 1 N–H and O–H groups in total.